The molecule has 0 radical (unpaired) electrons. The number of carbonyl (C=O) groups is 1. The molecule has 2 aliphatic heterocycles. The first-order valence-corrected chi connectivity index (χ1v) is 7.95. The fourth-order valence-corrected chi connectivity index (χ4v) is 3.68. The molecule has 0 bridgehead atoms. The number of aryl methyl sites for hydroxylation is 1. The molecule has 3 aliphatic rings. The zero-order valence-electron chi connectivity index (χ0n) is 12.5. The van der Waals surface area contributed by atoms with Crippen LogP contribution in [0, 0.1) is 6.92 Å². The Morgan fingerprint density at radius 1 is 1.33 bits per heavy atom. The highest BCUT2D eigenvalue weighted by Crippen LogP contribution is 2.47. The van der Waals surface area contributed by atoms with Gasteiger partial charge in [0.05, 0.1) is 12.6 Å². The smallest absolute Gasteiger partial charge is 0.244 e. The van der Waals surface area contributed by atoms with E-state index in [2.05, 4.69) is 41.4 Å². The van der Waals surface area contributed by atoms with Gasteiger partial charge in [0.2, 0.25) is 5.91 Å². The van der Waals surface area contributed by atoms with Gasteiger partial charge in [-0.15, -0.1) is 0 Å². The summed E-state index contributed by atoms with van der Waals surface area (Å²) in [6.07, 6.45) is 4.04. The zero-order chi connectivity index (χ0) is 14.4. The molecule has 1 aromatic rings. The fourth-order valence-electron chi connectivity index (χ4n) is 3.68. The highest BCUT2D eigenvalue weighted by atomic mass is 16.5. The van der Waals surface area contributed by atoms with Gasteiger partial charge < -0.3 is 9.64 Å². The van der Waals surface area contributed by atoms with Crippen molar-refractivity contribution in [3.8, 4) is 0 Å². The Bertz CT molecular complexity index is 562. The number of nitrogens with zero attached hydrogens (tertiary/aromatic N) is 1. The summed E-state index contributed by atoms with van der Waals surface area (Å²) >= 11 is 0. The van der Waals surface area contributed by atoms with Gasteiger partial charge in [-0.2, -0.15) is 0 Å². The van der Waals surface area contributed by atoms with Crippen molar-refractivity contribution in [2.75, 3.05) is 13.2 Å². The molecule has 2 atom stereocenters. The molecule has 1 saturated carbocycles. The van der Waals surface area contributed by atoms with E-state index in [0.717, 1.165) is 32.3 Å². The molecular formula is C17H22N2O2. The molecule has 2 unspecified atom stereocenters. The average molecular weight is 286 g/mol. The Hall–Kier alpha value is -1.39. The molecule has 4 heteroatoms. The highest BCUT2D eigenvalue weighted by molar-refractivity contribution is 5.92. The zero-order valence-corrected chi connectivity index (χ0v) is 12.5. The second kappa shape index (κ2) is 4.82. The third-order valence-corrected chi connectivity index (χ3v) is 5.10. The Morgan fingerprint density at radius 3 is 2.81 bits per heavy atom. The van der Waals surface area contributed by atoms with Gasteiger partial charge >= 0.3 is 0 Å². The lowest BCUT2D eigenvalue weighted by Gasteiger charge is -2.35. The molecule has 1 N–H and O–H groups in total. The van der Waals surface area contributed by atoms with Crippen LogP contribution in [0.25, 0.3) is 0 Å². The molecular weight excluding hydrogens is 264 g/mol. The van der Waals surface area contributed by atoms with Crippen molar-refractivity contribution < 1.29 is 9.53 Å². The SMILES string of the molecule is Cc1ccccc1C1NC2(CC2)C(=O)N1C1CCCOC1. The molecule has 112 valence electrons. The maximum atomic E-state index is 12.9. The second-order valence-corrected chi connectivity index (χ2v) is 6.57. The molecule has 2 saturated heterocycles. The maximum Gasteiger partial charge on any atom is 0.244 e. The van der Waals surface area contributed by atoms with Crippen molar-refractivity contribution in [2.24, 2.45) is 0 Å². The minimum Gasteiger partial charge on any atom is -0.379 e. The Kier molecular flexibility index (Phi) is 3.05. The van der Waals surface area contributed by atoms with Gasteiger partial charge in [-0.25, -0.2) is 0 Å². The summed E-state index contributed by atoms with van der Waals surface area (Å²) in [4.78, 5) is 15.0. The lowest BCUT2D eigenvalue weighted by Crippen LogP contribution is -2.45. The third kappa shape index (κ3) is 2.09. The number of nitrogens with one attached hydrogen (secondary N) is 1. The second-order valence-electron chi connectivity index (χ2n) is 6.57. The summed E-state index contributed by atoms with van der Waals surface area (Å²) in [5.41, 5.74) is 2.19. The maximum absolute atomic E-state index is 12.9. The predicted octanol–water partition coefficient (Wildman–Crippen LogP) is 2.14. The minimum absolute atomic E-state index is 0.00731. The van der Waals surface area contributed by atoms with Crippen LogP contribution in [0.4, 0.5) is 0 Å². The first-order chi connectivity index (χ1) is 10.2. The topological polar surface area (TPSA) is 41.6 Å². The Balaban J connectivity index is 1.70. The molecule has 1 amide bonds. The van der Waals surface area contributed by atoms with Crippen molar-refractivity contribution in [3.63, 3.8) is 0 Å². The van der Waals surface area contributed by atoms with Crippen LogP contribution in [0.3, 0.4) is 0 Å². The summed E-state index contributed by atoms with van der Waals surface area (Å²) in [7, 11) is 0. The van der Waals surface area contributed by atoms with E-state index in [0.29, 0.717) is 6.61 Å². The molecule has 4 nitrogen and oxygen atoms in total. The number of ether oxygens (including phenoxy) is 1. The third-order valence-electron chi connectivity index (χ3n) is 5.10. The predicted molar refractivity (Wildman–Crippen MR) is 79.7 cm³/mol. The Morgan fingerprint density at radius 2 is 2.14 bits per heavy atom. The first kappa shape index (κ1) is 13.3. The van der Waals surface area contributed by atoms with E-state index in [1.165, 1.54) is 11.1 Å². The molecule has 1 aliphatic carbocycles. The summed E-state index contributed by atoms with van der Waals surface area (Å²) in [6, 6.07) is 8.58. The van der Waals surface area contributed by atoms with Crippen LogP contribution in [0.15, 0.2) is 24.3 Å². The normalized spacial score (nSPS) is 30.9. The van der Waals surface area contributed by atoms with Crippen LogP contribution in [0.5, 0.6) is 0 Å². The van der Waals surface area contributed by atoms with E-state index < -0.39 is 0 Å². The molecule has 21 heavy (non-hydrogen) atoms. The number of hydrogen-bond donors (Lipinski definition) is 1. The lowest BCUT2D eigenvalue weighted by molar-refractivity contribution is -0.136. The van der Waals surface area contributed by atoms with Gasteiger partial charge in [-0.1, -0.05) is 24.3 Å². The van der Waals surface area contributed by atoms with Gasteiger partial charge in [0.1, 0.15) is 11.7 Å². The van der Waals surface area contributed by atoms with Gasteiger partial charge in [0.25, 0.3) is 0 Å². The van der Waals surface area contributed by atoms with Crippen molar-refractivity contribution in [1.29, 1.82) is 0 Å². The van der Waals surface area contributed by atoms with Crippen LogP contribution < -0.4 is 5.32 Å². The molecule has 4 rings (SSSR count). The summed E-state index contributed by atoms with van der Waals surface area (Å²) in [5, 5.41) is 3.62. The Labute approximate surface area is 125 Å². The summed E-state index contributed by atoms with van der Waals surface area (Å²) in [5.74, 6) is 0.284. The van der Waals surface area contributed by atoms with E-state index in [9.17, 15) is 4.79 Å². The van der Waals surface area contributed by atoms with Gasteiger partial charge in [-0.3, -0.25) is 10.1 Å². The molecule has 2 heterocycles. The van der Waals surface area contributed by atoms with Crippen molar-refractivity contribution in [1.82, 2.24) is 10.2 Å². The fraction of sp³-hybridized carbons (Fsp3) is 0.588. The number of hydrogen-bond acceptors (Lipinski definition) is 3. The monoisotopic (exact) mass is 286 g/mol. The standard InChI is InChI=1S/C17H22N2O2/c1-12-5-2-3-7-14(12)15-18-17(8-9-17)16(20)19(15)13-6-4-10-21-11-13/h2-3,5,7,13,15,18H,4,6,8-11H2,1H3. The average Bonchev–Trinajstić information content (AvgIpc) is 3.23. The van der Waals surface area contributed by atoms with E-state index in [4.69, 9.17) is 4.74 Å². The van der Waals surface area contributed by atoms with Crippen molar-refractivity contribution in [3.05, 3.63) is 35.4 Å². The largest absolute Gasteiger partial charge is 0.379 e. The van der Waals surface area contributed by atoms with E-state index in [1.807, 2.05) is 0 Å². The van der Waals surface area contributed by atoms with Crippen LogP contribution in [-0.2, 0) is 9.53 Å². The van der Waals surface area contributed by atoms with Crippen LogP contribution in [-0.4, -0.2) is 35.6 Å². The minimum atomic E-state index is -0.273. The number of carbonyl (C=O) groups excluding carboxylic acids is 1. The molecule has 1 aromatic carbocycles. The molecule has 0 aromatic heterocycles. The van der Waals surface area contributed by atoms with Crippen molar-refractivity contribution in [2.45, 2.75) is 50.4 Å². The quantitative estimate of drug-likeness (QED) is 0.905. The van der Waals surface area contributed by atoms with Crippen LogP contribution in [0.1, 0.15) is 43.0 Å². The van der Waals surface area contributed by atoms with Crippen LogP contribution in [0.2, 0.25) is 0 Å². The van der Waals surface area contributed by atoms with Crippen LogP contribution >= 0.6 is 0 Å². The summed E-state index contributed by atoms with van der Waals surface area (Å²) in [6.45, 7) is 3.62. The number of amides is 1. The van der Waals surface area contributed by atoms with E-state index >= 15 is 0 Å². The van der Waals surface area contributed by atoms with Gasteiger partial charge in [0, 0.05) is 6.61 Å². The highest BCUT2D eigenvalue weighted by Gasteiger charge is 2.60. The van der Waals surface area contributed by atoms with Gasteiger partial charge in [0.15, 0.2) is 0 Å². The summed E-state index contributed by atoms with van der Waals surface area (Å²) < 4.78 is 5.62. The lowest BCUT2D eigenvalue weighted by atomic mass is 10.0. The molecule has 3 fully saturated rings. The first-order valence-electron chi connectivity index (χ1n) is 7.95. The molecule has 1 spiro atoms. The van der Waals surface area contributed by atoms with E-state index in [-0.39, 0.29) is 23.7 Å². The van der Waals surface area contributed by atoms with Gasteiger partial charge in [-0.05, 0) is 43.7 Å². The van der Waals surface area contributed by atoms with Crippen molar-refractivity contribution >= 4 is 5.91 Å². The number of rotatable bonds is 2. The van der Waals surface area contributed by atoms with E-state index in [1.54, 1.807) is 0 Å². The number of benzene rings is 1.